The fourth-order valence-corrected chi connectivity index (χ4v) is 3.89. The Balaban J connectivity index is 1.48. The number of rotatable bonds is 5. The molecule has 0 saturated carbocycles. The highest BCUT2D eigenvalue weighted by atomic mass is 32.1. The molecule has 0 aliphatic carbocycles. The van der Waals surface area contributed by atoms with Crippen LogP contribution in [0.4, 0.5) is 10.7 Å². The Morgan fingerprint density at radius 3 is 3.00 bits per heavy atom. The van der Waals surface area contributed by atoms with Crippen LogP contribution in [0.1, 0.15) is 12.2 Å². The first-order valence-corrected chi connectivity index (χ1v) is 9.56. The number of aromatic nitrogens is 2. The van der Waals surface area contributed by atoms with Crippen molar-refractivity contribution in [2.24, 2.45) is 5.92 Å². The lowest BCUT2D eigenvalue weighted by atomic mass is 10.1. The largest absolute Gasteiger partial charge is 0.497 e. The molecule has 3 heterocycles. The molecule has 9 heteroatoms. The number of carbonyl (C=O) groups excluding carboxylic acids is 2. The van der Waals surface area contributed by atoms with E-state index in [0.717, 1.165) is 5.69 Å². The second-order valence-corrected chi connectivity index (χ2v) is 7.32. The number of ether oxygens (including phenoxy) is 1. The molecule has 0 unspecified atom stereocenters. The second kappa shape index (κ2) is 7.43. The van der Waals surface area contributed by atoms with Crippen molar-refractivity contribution < 1.29 is 18.8 Å². The van der Waals surface area contributed by atoms with E-state index in [1.54, 1.807) is 25.0 Å². The lowest BCUT2D eigenvalue weighted by Gasteiger charge is -2.17. The van der Waals surface area contributed by atoms with Crippen molar-refractivity contribution in [2.45, 2.75) is 13.3 Å². The standard InChI is InChI=1S/C19H18N4O4S/c1-11-20-18(27-22-11)15-6-7-28-19(15)21-17(25)12-8-16(24)23(10-12)13-4-3-5-14(9-13)26-2/h3-7,9,12H,8,10H2,1-2H3,(H,21,25)/t12-/m1/s1. The Kier molecular flexibility index (Phi) is 4.82. The molecule has 4 rings (SSSR count). The Bertz CT molecular complexity index is 1030. The number of aryl methyl sites for hydroxylation is 1. The van der Waals surface area contributed by atoms with Crippen LogP contribution in [0.5, 0.6) is 5.75 Å². The first-order chi connectivity index (χ1) is 13.5. The summed E-state index contributed by atoms with van der Waals surface area (Å²) in [6, 6.07) is 9.06. The summed E-state index contributed by atoms with van der Waals surface area (Å²) in [5.74, 6) is 0.795. The highest BCUT2D eigenvalue weighted by molar-refractivity contribution is 7.15. The molecule has 0 spiro atoms. The maximum Gasteiger partial charge on any atom is 0.260 e. The van der Waals surface area contributed by atoms with Crippen LogP contribution < -0.4 is 15.0 Å². The maximum atomic E-state index is 12.8. The van der Waals surface area contributed by atoms with Gasteiger partial charge in [0.25, 0.3) is 5.89 Å². The molecular weight excluding hydrogens is 380 g/mol. The number of nitrogens with zero attached hydrogens (tertiary/aromatic N) is 3. The summed E-state index contributed by atoms with van der Waals surface area (Å²) < 4.78 is 10.4. The van der Waals surface area contributed by atoms with E-state index in [9.17, 15) is 9.59 Å². The number of hydrogen-bond acceptors (Lipinski definition) is 7. The summed E-state index contributed by atoms with van der Waals surface area (Å²) in [7, 11) is 1.57. The summed E-state index contributed by atoms with van der Waals surface area (Å²) >= 11 is 1.37. The summed E-state index contributed by atoms with van der Waals surface area (Å²) in [6.07, 6.45) is 0.156. The van der Waals surface area contributed by atoms with Gasteiger partial charge in [-0.25, -0.2) is 0 Å². The van der Waals surface area contributed by atoms with Crippen molar-refractivity contribution in [3.05, 3.63) is 41.5 Å². The maximum absolute atomic E-state index is 12.8. The van der Waals surface area contributed by atoms with Gasteiger partial charge in [0.2, 0.25) is 11.8 Å². The van der Waals surface area contributed by atoms with Gasteiger partial charge in [-0.2, -0.15) is 4.98 Å². The predicted octanol–water partition coefficient (Wildman–Crippen LogP) is 3.11. The lowest BCUT2D eigenvalue weighted by Crippen LogP contribution is -2.28. The van der Waals surface area contributed by atoms with Crippen molar-refractivity contribution in [3.8, 4) is 17.2 Å². The monoisotopic (exact) mass is 398 g/mol. The van der Waals surface area contributed by atoms with Gasteiger partial charge in [-0.05, 0) is 30.5 Å². The Morgan fingerprint density at radius 2 is 2.25 bits per heavy atom. The fourth-order valence-electron chi connectivity index (χ4n) is 3.11. The molecule has 1 N–H and O–H groups in total. The van der Waals surface area contributed by atoms with Gasteiger partial charge in [0.15, 0.2) is 5.82 Å². The zero-order valence-corrected chi connectivity index (χ0v) is 16.2. The van der Waals surface area contributed by atoms with Gasteiger partial charge in [-0.1, -0.05) is 11.2 Å². The van der Waals surface area contributed by atoms with E-state index >= 15 is 0 Å². The van der Waals surface area contributed by atoms with Crippen molar-refractivity contribution in [2.75, 3.05) is 23.9 Å². The topological polar surface area (TPSA) is 97.6 Å². The van der Waals surface area contributed by atoms with Crippen LogP contribution in [-0.4, -0.2) is 35.6 Å². The van der Waals surface area contributed by atoms with E-state index in [-0.39, 0.29) is 18.2 Å². The molecule has 1 aliphatic heterocycles. The van der Waals surface area contributed by atoms with Crippen LogP contribution in [0.25, 0.3) is 11.5 Å². The third-order valence-electron chi connectivity index (χ3n) is 4.52. The van der Waals surface area contributed by atoms with Gasteiger partial charge < -0.3 is 19.5 Å². The molecule has 3 aromatic rings. The van der Waals surface area contributed by atoms with E-state index in [0.29, 0.717) is 34.6 Å². The van der Waals surface area contributed by atoms with Crippen LogP contribution in [0.2, 0.25) is 0 Å². The molecule has 1 saturated heterocycles. The minimum Gasteiger partial charge on any atom is -0.497 e. The summed E-state index contributed by atoms with van der Waals surface area (Å²) in [4.78, 5) is 31.0. The lowest BCUT2D eigenvalue weighted by molar-refractivity contribution is -0.122. The van der Waals surface area contributed by atoms with Crippen LogP contribution in [0, 0.1) is 12.8 Å². The van der Waals surface area contributed by atoms with Crippen LogP contribution in [0.15, 0.2) is 40.2 Å². The number of thiophene rings is 1. The van der Waals surface area contributed by atoms with E-state index in [2.05, 4.69) is 15.5 Å². The van der Waals surface area contributed by atoms with E-state index in [4.69, 9.17) is 9.26 Å². The molecule has 144 valence electrons. The van der Waals surface area contributed by atoms with E-state index in [1.807, 2.05) is 29.6 Å². The minimum absolute atomic E-state index is 0.0904. The summed E-state index contributed by atoms with van der Waals surface area (Å²) in [6.45, 7) is 2.05. The Labute approximate surface area is 165 Å². The summed E-state index contributed by atoms with van der Waals surface area (Å²) in [5, 5.41) is 9.15. The number of methoxy groups -OCH3 is 1. The van der Waals surface area contributed by atoms with Gasteiger partial charge in [0.1, 0.15) is 10.8 Å². The van der Waals surface area contributed by atoms with Crippen molar-refractivity contribution in [1.29, 1.82) is 0 Å². The SMILES string of the molecule is COc1cccc(N2C[C@H](C(=O)Nc3sccc3-c3nc(C)no3)CC2=O)c1. The number of carbonyl (C=O) groups is 2. The van der Waals surface area contributed by atoms with Crippen LogP contribution >= 0.6 is 11.3 Å². The normalized spacial score (nSPS) is 16.4. The van der Waals surface area contributed by atoms with Crippen molar-refractivity contribution in [3.63, 3.8) is 0 Å². The quantitative estimate of drug-likeness (QED) is 0.709. The number of anilines is 2. The van der Waals surface area contributed by atoms with Crippen molar-refractivity contribution >= 4 is 33.8 Å². The molecule has 8 nitrogen and oxygen atoms in total. The third kappa shape index (κ3) is 3.48. The molecule has 28 heavy (non-hydrogen) atoms. The van der Waals surface area contributed by atoms with Crippen LogP contribution in [0.3, 0.4) is 0 Å². The molecule has 0 radical (unpaired) electrons. The molecule has 1 aliphatic rings. The zero-order chi connectivity index (χ0) is 19.7. The number of amides is 2. The van der Waals surface area contributed by atoms with Gasteiger partial charge in [-0.3, -0.25) is 9.59 Å². The zero-order valence-electron chi connectivity index (χ0n) is 15.3. The number of nitrogens with one attached hydrogen (secondary N) is 1. The van der Waals surface area contributed by atoms with Gasteiger partial charge in [-0.15, -0.1) is 11.3 Å². The fraction of sp³-hybridized carbons (Fsp3) is 0.263. The van der Waals surface area contributed by atoms with E-state index < -0.39 is 5.92 Å². The molecule has 2 aromatic heterocycles. The second-order valence-electron chi connectivity index (χ2n) is 6.41. The van der Waals surface area contributed by atoms with Gasteiger partial charge >= 0.3 is 0 Å². The number of benzene rings is 1. The molecule has 1 atom stereocenters. The highest BCUT2D eigenvalue weighted by Crippen LogP contribution is 2.34. The van der Waals surface area contributed by atoms with Gasteiger partial charge in [0.05, 0.1) is 18.6 Å². The third-order valence-corrected chi connectivity index (χ3v) is 5.35. The minimum atomic E-state index is -0.446. The molecular formula is C19H18N4O4S. The highest BCUT2D eigenvalue weighted by Gasteiger charge is 2.35. The first-order valence-electron chi connectivity index (χ1n) is 8.68. The predicted molar refractivity (Wildman–Crippen MR) is 104 cm³/mol. The average molecular weight is 398 g/mol. The first kappa shape index (κ1) is 18.2. The van der Waals surface area contributed by atoms with Gasteiger partial charge in [0, 0.05) is 24.7 Å². The molecule has 1 aromatic carbocycles. The molecule has 1 fully saturated rings. The van der Waals surface area contributed by atoms with Crippen molar-refractivity contribution in [1.82, 2.24) is 10.1 Å². The Hall–Kier alpha value is -3.20. The Morgan fingerprint density at radius 1 is 1.39 bits per heavy atom. The summed E-state index contributed by atoms with van der Waals surface area (Å²) in [5.41, 5.74) is 1.39. The van der Waals surface area contributed by atoms with E-state index in [1.165, 1.54) is 11.3 Å². The molecule has 2 amide bonds. The molecule has 0 bridgehead atoms. The average Bonchev–Trinajstić information content (AvgIpc) is 3.41. The number of hydrogen-bond donors (Lipinski definition) is 1. The smallest absolute Gasteiger partial charge is 0.260 e. The van der Waals surface area contributed by atoms with Crippen LogP contribution in [-0.2, 0) is 9.59 Å².